The number of hydrogen-bond acceptors (Lipinski definition) is 5. The van der Waals surface area contributed by atoms with E-state index in [1.54, 1.807) is 19.9 Å². The van der Waals surface area contributed by atoms with Crippen LogP contribution >= 0.6 is 0 Å². The van der Waals surface area contributed by atoms with Gasteiger partial charge in [-0.2, -0.15) is 0 Å². The van der Waals surface area contributed by atoms with Crippen LogP contribution in [0.2, 0.25) is 0 Å². The zero-order chi connectivity index (χ0) is 21.6. The number of carbonyl (C=O) groups is 3. The highest BCUT2D eigenvalue weighted by atomic mass is 16.5. The molecule has 0 unspecified atom stereocenters. The normalized spacial score (nSPS) is 13.1. The summed E-state index contributed by atoms with van der Waals surface area (Å²) in [7, 11) is 0. The number of esters is 1. The summed E-state index contributed by atoms with van der Waals surface area (Å²) in [5.41, 5.74) is 1.78. The number of anilines is 1. The molecule has 2 N–H and O–H groups in total. The predicted molar refractivity (Wildman–Crippen MR) is 110 cm³/mol. The zero-order valence-electron chi connectivity index (χ0n) is 17.4. The molecular formula is C22H28N2O5. The molecule has 0 aliphatic carbocycles. The summed E-state index contributed by atoms with van der Waals surface area (Å²) in [5.74, 6) is -1.40. The molecule has 0 aliphatic rings. The van der Waals surface area contributed by atoms with Crippen molar-refractivity contribution < 1.29 is 23.5 Å². The van der Waals surface area contributed by atoms with Crippen LogP contribution in [0.25, 0.3) is 0 Å². The Labute approximate surface area is 170 Å². The molecule has 2 amide bonds. The summed E-state index contributed by atoms with van der Waals surface area (Å²) in [5, 5.41) is 5.32. The molecule has 156 valence electrons. The van der Waals surface area contributed by atoms with Crippen LogP contribution in [0.1, 0.15) is 56.7 Å². The molecule has 0 fully saturated rings. The van der Waals surface area contributed by atoms with Gasteiger partial charge in [-0.1, -0.05) is 39.8 Å². The second-order valence-electron chi connectivity index (χ2n) is 7.52. The molecular weight excluding hydrogens is 372 g/mol. The second kappa shape index (κ2) is 9.91. The zero-order valence-corrected chi connectivity index (χ0v) is 17.4. The van der Waals surface area contributed by atoms with Crippen LogP contribution in [0, 0.1) is 5.92 Å². The first kappa shape index (κ1) is 22.2. The predicted octanol–water partition coefficient (Wildman–Crippen LogP) is 3.73. The number of benzene rings is 1. The molecule has 0 aliphatic heterocycles. The number of nitrogens with one attached hydrogen (secondary N) is 2. The number of furan rings is 1. The fourth-order valence-corrected chi connectivity index (χ4v) is 2.61. The van der Waals surface area contributed by atoms with Crippen molar-refractivity contribution in [2.45, 2.75) is 52.7 Å². The van der Waals surface area contributed by atoms with Crippen molar-refractivity contribution in [3.05, 3.63) is 54.0 Å². The third kappa shape index (κ3) is 6.20. The number of rotatable bonds is 8. The first-order valence-electron chi connectivity index (χ1n) is 9.64. The van der Waals surface area contributed by atoms with Crippen molar-refractivity contribution in [2.24, 2.45) is 5.92 Å². The summed E-state index contributed by atoms with van der Waals surface area (Å²) in [6.45, 7) is 9.21. The maximum atomic E-state index is 12.5. The van der Waals surface area contributed by atoms with Gasteiger partial charge in [-0.25, -0.2) is 4.79 Å². The smallest absolute Gasteiger partial charge is 0.329 e. The van der Waals surface area contributed by atoms with E-state index in [1.807, 2.05) is 24.3 Å². The molecule has 2 atom stereocenters. The lowest BCUT2D eigenvalue weighted by Gasteiger charge is -2.22. The molecule has 2 rings (SSSR count). The third-order valence-electron chi connectivity index (χ3n) is 4.46. The average Bonchev–Trinajstić information content (AvgIpc) is 3.20. The number of amides is 2. The summed E-state index contributed by atoms with van der Waals surface area (Å²) in [4.78, 5) is 37.1. The van der Waals surface area contributed by atoms with Crippen LogP contribution in [0.15, 0.2) is 47.1 Å². The molecule has 0 spiro atoms. The third-order valence-corrected chi connectivity index (χ3v) is 4.46. The lowest BCUT2D eigenvalue weighted by molar-refractivity contribution is -0.156. The van der Waals surface area contributed by atoms with Crippen LogP contribution in [-0.2, 0) is 14.3 Å². The molecule has 7 nitrogen and oxygen atoms in total. The monoisotopic (exact) mass is 400 g/mol. The Hall–Kier alpha value is -3.09. The minimum absolute atomic E-state index is 0.0964. The standard InChI is InChI=1S/C22H28N2O5/c1-13(2)16-8-10-17(11-9-16)23-20(25)15(5)29-22(27)19(14(3)4)24-21(26)18-7-6-12-28-18/h6-15,19H,1-5H3,(H,23,25)(H,24,26)/t15-,19-/m0/s1. The molecule has 1 aromatic heterocycles. The van der Waals surface area contributed by atoms with Crippen molar-refractivity contribution in [1.82, 2.24) is 5.32 Å². The van der Waals surface area contributed by atoms with Crippen LogP contribution in [0.3, 0.4) is 0 Å². The lowest BCUT2D eigenvalue weighted by Crippen LogP contribution is -2.47. The van der Waals surface area contributed by atoms with Crippen molar-refractivity contribution in [1.29, 1.82) is 0 Å². The summed E-state index contributed by atoms with van der Waals surface area (Å²) in [6.07, 6.45) is 0.353. The van der Waals surface area contributed by atoms with Gasteiger partial charge < -0.3 is 19.8 Å². The van der Waals surface area contributed by atoms with Gasteiger partial charge in [0.15, 0.2) is 11.9 Å². The van der Waals surface area contributed by atoms with E-state index in [2.05, 4.69) is 24.5 Å². The van der Waals surface area contributed by atoms with Crippen molar-refractivity contribution in [2.75, 3.05) is 5.32 Å². The van der Waals surface area contributed by atoms with Gasteiger partial charge in [0.2, 0.25) is 0 Å². The van der Waals surface area contributed by atoms with Crippen molar-refractivity contribution in [3.63, 3.8) is 0 Å². The van der Waals surface area contributed by atoms with Gasteiger partial charge in [0.1, 0.15) is 6.04 Å². The Morgan fingerprint density at radius 3 is 2.14 bits per heavy atom. The maximum Gasteiger partial charge on any atom is 0.329 e. The summed E-state index contributed by atoms with van der Waals surface area (Å²) >= 11 is 0. The Balaban J connectivity index is 1.95. The van der Waals surface area contributed by atoms with Gasteiger partial charge in [0, 0.05) is 5.69 Å². The van der Waals surface area contributed by atoms with Gasteiger partial charge in [-0.3, -0.25) is 9.59 Å². The minimum atomic E-state index is -1.02. The van der Waals surface area contributed by atoms with E-state index in [9.17, 15) is 14.4 Å². The van der Waals surface area contributed by atoms with Gasteiger partial charge in [-0.15, -0.1) is 0 Å². The van der Waals surface area contributed by atoms with Gasteiger partial charge in [0.05, 0.1) is 6.26 Å². The fraction of sp³-hybridized carbons (Fsp3) is 0.409. The second-order valence-corrected chi connectivity index (χ2v) is 7.52. The average molecular weight is 400 g/mol. The van der Waals surface area contributed by atoms with Crippen molar-refractivity contribution >= 4 is 23.5 Å². The molecule has 7 heteroatoms. The van der Waals surface area contributed by atoms with Gasteiger partial charge >= 0.3 is 5.97 Å². The van der Waals surface area contributed by atoms with E-state index in [1.165, 1.54) is 19.3 Å². The van der Waals surface area contributed by atoms with Crippen LogP contribution in [-0.4, -0.2) is 29.9 Å². The molecule has 1 heterocycles. The van der Waals surface area contributed by atoms with Crippen molar-refractivity contribution in [3.8, 4) is 0 Å². The molecule has 1 aromatic carbocycles. The molecule has 0 bridgehead atoms. The summed E-state index contributed by atoms with van der Waals surface area (Å²) < 4.78 is 10.3. The molecule has 0 radical (unpaired) electrons. The number of hydrogen-bond donors (Lipinski definition) is 2. The molecule has 0 saturated carbocycles. The summed E-state index contributed by atoms with van der Waals surface area (Å²) in [6, 6.07) is 9.67. The highest BCUT2D eigenvalue weighted by Gasteiger charge is 2.29. The minimum Gasteiger partial charge on any atom is -0.459 e. The van der Waals surface area contributed by atoms with E-state index in [-0.39, 0.29) is 11.7 Å². The van der Waals surface area contributed by atoms with Crippen LogP contribution in [0.5, 0.6) is 0 Å². The fourth-order valence-electron chi connectivity index (χ4n) is 2.61. The highest BCUT2D eigenvalue weighted by molar-refractivity contribution is 5.97. The van der Waals surface area contributed by atoms with Crippen LogP contribution in [0.4, 0.5) is 5.69 Å². The van der Waals surface area contributed by atoms with E-state index in [0.29, 0.717) is 11.6 Å². The molecule has 29 heavy (non-hydrogen) atoms. The Kier molecular flexibility index (Phi) is 7.59. The van der Waals surface area contributed by atoms with E-state index in [0.717, 1.165) is 5.56 Å². The van der Waals surface area contributed by atoms with E-state index >= 15 is 0 Å². The van der Waals surface area contributed by atoms with Gasteiger partial charge in [0.25, 0.3) is 11.8 Å². The Morgan fingerprint density at radius 2 is 1.62 bits per heavy atom. The Bertz CT molecular complexity index is 825. The Morgan fingerprint density at radius 1 is 0.966 bits per heavy atom. The number of carbonyl (C=O) groups excluding carboxylic acids is 3. The largest absolute Gasteiger partial charge is 0.459 e. The quantitative estimate of drug-likeness (QED) is 0.658. The first-order chi connectivity index (χ1) is 13.7. The highest BCUT2D eigenvalue weighted by Crippen LogP contribution is 2.17. The van der Waals surface area contributed by atoms with E-state index < -0.39 is 29.9 Å². The molecule has 2 aromatic rings. The number of ether oxygens (including phenoxy) is 1. The molecule has 0 saturated heterocycles. The first-order valence-corrected chi connectivity index (χ1v) is 9.64. The van der Waals surface area contributed by atoms with E-state index in [4.69, 9.17) is 9.15 Å². The maximum absolute atomic E-state index is 12.5. The topological polar surface area (TPSA) is 97.6 Å². The van der Waals surface area contributed by atoms with Crippen LogP contribution < -0.4 is 10.6 Å². The SMILES string of the molecule is CC(C)c1ccc(NC(=O)[C@H](C)OC(=O)[C@@H](NC(=O)c2ccco2)C(C)C)cc1. The lowest BCUT2D eigenvalue weighted by atomic mass is 10.0. The van der Waals surface area contributed by atoms with Gasteiger partial charge in [-0.05, 0) is 48.6 Å².